The molecule has 1 saturated carbocycles. The zero-order valence-corrected chi connectivity index (χ0v) is 10.1. The van der Waals surface area contributed by atoms with Crippen LogP contribution in [-0.2, 0) is 18.3 Å². The Bertz CT molecular complexity index is 377. The summed E-state index contributed by atoms with van der Waals surface area (Å²) in [6.45, 7) is 2.12. The number of hydrogen-bond donors (Lipinski definition) is 0. The first-order valence-electron chi connectivity index (χ1n) is 6.05. The van der Waals surface area contributed by atoms with E-state index < -0.39 is 0 Å². The Balaban J connectivity index is 2.07. The molecule has 0 spiro atoms. The van der Waals surface area contributed by atoms with Crippen molar-refractivity contribution in [3.63, 3.8) is 0 Å². The van der Waals surface area contributed by atoms with Crippen LogP contribution in [-0.4, -0.2) is 20.8 Å². The van der Waals surface area contributed by atoms with Crippen molar-refractivity contribution in [3.8, 4) is 0 Å². The molecule has 16 heavy (non-hydrogen) atoms. The minimum absolute atomic E-state index is 0.0580. The summed E-state index contributed by atoms with van der Waals surface area (Å²) in [5, 5.41) is 7.84. The van der Waals surface area contributed by atoms with Gasteiger partial charge in [-0.05, 0) is 19.3 Å². The van der Waals surface area contributed by atoms with Crippen LogP contribution in [0, 0.1) is 5.41 Å². The first-order valence-corrected chi connectivity index (χ1v) is 6.05. The highest BCUT2D eigenvalue weighted by Crippen LogP contribution is 2.42. The molecule has 0 radical (unpaired) electrons. The third-order valence-electron chi connectivity index (χ3n) is 3.82. The highest BCUT2D eigenvalue weighted by atomic mass is 16.1. The Morgan fingerprint density at radius 1 is 1.50 bits per heavy atom. The third kappa shape index (κ3) is 2.01. The molecule has 0 atom stereocenters. The smallest absolute Gasteiger partial charge is 0.145 e. The van der Waals surface area contributed by atoms with Gasteiger partial charge in [0, 0.05) is 18.7 Å². The highest BCUT2D eigenvalue weighted by molar-refractivity contribution is 5.86. The van der Waals surface area contributed by atoms with E-state index in [1.807, 2.05) is 13.2 Å². The summed E-state index contributed by atoms with van der Waals surface area (Å²) < 4.78 is 1.65. The van der Waals surface area contributed by atoms with E-state index in [-0.39, 0.29) is 5.41 Å². The number of aromatic nitrogens is 3. The molecule has 0 N–H and O–H groups in total. The lowest BCUT2D eigenvalue weighted by atomic mass is 9.77. The second kappa shape index (κ2) is 4.36. The Morgan fingerprint density at radius 3 is 2.69 bits per heavy atom. The molecule has 1 aromatic heterocycles. The molecule has 0 saturated heterocycles. The normalized spacial score (nSPS) is 18.9. The molecule has 0 bridgehead atoms. The molecule has 0 aromatic carbocycles. The Morgan fingerprint density at radius 2 is 2.19 bits per heavy atom. The van der Waals surface area contributed by atoms with Crippen LogP contribution in [0.4, 0.5) is 0 Å². The second-order valence-corrected chi connectivity index (χ2v) is 4.82. The molecular weight excluding hydrogens is 202 g/mol. The maximum atomic E-state index is 12.3. The molecule has 4 nitrogen and oxygen atoms in total. The molecule has 1 aromatic rings. The van der Waals surface area contributed by atoms with Gasteiger partial charge in [0.1, 0.15) is 5.78 Å². The van der Waals surface area contributed by atoms with Crippen molar-refractivity contribution in [2.24, 2.45) is 12.5 Å². The number of ketones is 1. The first-order chi connectivity index (χ1) is 7.66. The lowest BCUT2D eigenvalue weighted by molar-refractivity contribution is -0.128. The van der Waals surface area contributed by atoms with Crippen molar-refractivity contribution in [1.29, 1.82) is 0 Å². The summed E-state index contributed by atoms with van der Waals surface area (Å²) in [5.74, 6) is 0.355. The largest absolute Gasteiger partial charge is 0.299 e. The van der Waals surface area contributed by atoms with Gasteiger partial charge in [-0.2, -0.15) is 0 Å². The van der Waals surface area contributed by atoms with Gasteiger partial charge in [0.05, 0.1) is 12.1 Å². The van der Waals surface area contributed by atoms with E-state index >= 15 is 0 Å². The van der Waals surface area contributed by atoms with E-state index in [1.54, 1.807) is 4.68 Å². The van der Waals surface area contributed by atoms with Crippen LogP contribution in [0.5, 0.6) is 0 Å². The number of rotatable bonds is 4. The van der Waals surface area contributed by atoms with E-state index in [4.69, 9.17) is 0 Å². The fourth-order valence-corrected chi connectivity index (χ4v) is 2.71. The van der Waals surface area contributed by atoms with Gasteiger partial charge >= 0.3 is 0 Å². The van der Waals surface area contributed by atoms with Crippen molar-refractivity contribution in [2.75, 3.05) is 0 Å². The van der Waals surface area contributed by atoms with Crippen molar-refractivity contribution >= 4 is 5.78 Å². The third-order valence-corrected chi connectivity index (χ3v) is 3.82. The van der Waals surface area contributed by atoms with Gasteiger partial charge in [-0.25, -0.2) is 0 Å². The summed E-state index contributed by atoms with van der Waals surface area (Å²) in [6, 6.07) is 0. The highest BCUT2D eigenvalue weighted by Gasteiger charge is 2.38. The maximum absolute atomic E-state index is 12.3. The zero-order valence-electron chi connectivity index (χ0n) is 10.1. The summed E-state index contributed by atoms with van der Waals surface area (Å²) in [4.78, 5) is 12.3. The zero-order chi connectivity index (χ0) is 11.6. The van der Waals surface area contributed by atoms with Crippen molar-refractivity contribution in [1.82, 2.24) is 15.0 Å². The Hall–Kier alpha value is -1.19. The van der Waals surface area contributed by atoms with E-state index in [0.29, 0.717) is 12.2 Å². The lowest BCUT2D eigenvalue weighted by Gasteiger charge is -2.25. The van der Waals surface area contributed by atoms with Crippen LogP contribution in [0.2, 0.25) is 0 Å². The number of nitrogens with zero attached hydrogens (tertiary/aromatic N) is 3. The molecule has 2 rings (SSSR count). The molecule has 0 aliphatic heterocycles. The fourth-order valence-electron chi connectivity index (χ4n) is 2.71. The van der Waals surface area contributed by atoms with Gasteiger partial charge in [-0.3, -0.25) is 9.48 Å². The molecule has 1 fully saturated rings. The standard InChI is InChI=1S/C12H19N3O/c1-3-12(6-4-5-7-12)11(16)8-10-9-15(2)14-13-10/h9H,3-8H2,1-2H3. The van der Waals surface area contributed by atoms with E-state index in [2.05, 4.69) is 17.2 Å². The first kappa shape index (κ1) is 11.3. The molecule has 4 heteroatoms. The monoisotopic (exact) mass is 221 g/mol. The molecular formula is C12H19N3O. The quantitative estimate of drug-likeness (QED) is 0.780. The van der Waals surface area contributed by atoms with Gasteiger partial charge in [-0.1, -0.05) is 25.0 Å². The van der Waals surface area contributed by atoms with Crippen molar-refractivity contribution in [2.45, 2.75) is 45.4 Å². The minimum Gasteiger partial charge on any atom is -0.299 e. The van der Waals surface area contributed by atoms with Crippen LogP contribution >= 0.6 is 0 Å². The molecule has 88 valence electrons. The number of carbonyl (C=O) groups is 1. The van der Waals surface area contributed by atoms with Gasteiger partial charge in [0.15, 0.2) is 0 Å². The molecule has 1 aliphatic carbocycles. The molecule has 1 heterocycles. The molecule has 1 aliphatic rings. The lowest BCUT2D eigenvalue weighted by Crippen LogP contribution is -2.28. The average Bonchev–Trinajstić information content (AvgIpc) is 2.88. The summed E-state index contributed by atoms with van der Waals surface area (Å²) in [5.41, 5.74) is 0.740. The van der Waals surface area contributed by atoms with Crippen LogP contribution in [0.3, 0.4) is 0 Å². The Kier molecular flexibility index (Phi) is 3.08. The maximum Gasteiger partial charge on any atom is 0.145 e. The van der Waals surface area contributed by atoms with E-state index in [1.165, 1.54) is 12.8 Å². The second-order valence-electron chi connectivity index (χ2n) is 4.82. The minimum atomic E-state index is -0.0580. The van der Waals surface area contributed by atoms with Crippen molar-refractivity contribution < 1.29 is 4.79 Å². The number of Topliss-reactive ketones (excluding diaryl/α,β-unsaturated/α-hetero) is 1. The van der Waals surface area contributed by atoms with E-state index in [0.717, 1.165) is 25.0 Å². The number of carbonyl (C=O) groups excluding carboxylic acids is 1. The number of aryl methyl sites for hydroxylation is 1. The SMILES string of the molecule is CCC1(C(=O)Cc2cn(C)nn2)CCCC1. The number of hydrogen-bond acceptors (Lipinski definition) is 3. The summed E-state index contributed by atoms with van der Waals surface area (Å²) in [6.07, 6.45) is 7.75. The topological polar surface area (TPSA) is 47.8 Å². The van der Waals surface area contributed by atoms with Crippen LogP contribution < -0.4 is 0 Å². The van der Waals surface area contributed by atoms with Crippen LogP contribution in [0.25, 0.3) is 0 Å². The van der Waals surface area contributed by atoms with Crippen LogP contribution in [0.1, 0.15) is 44.7 Å². The Labute approximate surface area is 96.0 Å². The fraction of sp³-hybridized carbons (Fsp3) is 0.750. The van der Waals surface area contributed by atoms with Gasteiger partial charge in [0.25, 0.3) is 0 Å². The van der Waals surface area contributed by atoms with Crippen LogP contribution in [0.15, 0.2) is 6.20 Å². The predicted molar refractivity (Wildman–Crippen MR) is 60.9 cm³/mol. The van der Waals surface area contributed by atoms with E-state index in [9.17, 15) is 4.79 Å². The van der Waals surface area contributed by atoms with Gasteiger partial charge < -0.3 is 0 Å². The predicted octanol–water partition coefficient (Wildman–Crippen LogP) is 1.90. The van der Waals surface area contributed by atoms with Crippen molar-refractivity contribution in [3.05, 3.63) is 11.9 Å². The summed E-state index contributed by atoms with van der Waals surface area (Å²) >= 11 is 0. The van der Waals surface area contributed by atoms with Gasteiger partial charge in [-0.15, -0.1) is 5.10 Å². The average molecular weight is 221 g/mol. The van der Waals surface area contributed by atoms with Gasteiger partial charge in [0.2, 0.25) is 0 Å². The molecule has 0 unspecified atom stereocenters. The summed E-state index contributed by atoms with van der Waals surface area (Å²) in [7, 11) is 1.83. The molecule has 0 amide bonds.